The van der Waals surface area contributed by atoms with Crippen LogP contribution in [0.15, 0.2) is 24.8 Å². The van der Waals surface area contributed by atoms with Gasteiger partial charge in [-0.1, -0.05) is 11.3 Å². The quantitative estimate of drug-likeness (QED) is 0.673. The first kappa shape index (κ1) is 9.10. The van der Waals surface area contributed by atoms with Crippen LogP contribution in [0.25, 0.3) is 21.2 Å². The van der Waals surface area contributed by atoms with E-state index in [-0.39, 0.29) is 0 Å². The van der Waals surface area contributed by atoms with Crippen LogP contribution < -0.4 is 5.73 Å². The molecule has 0 atom stereocenters. The van der Waals surface area contributed by atoms with Gasteiger partial charge in [0.25, 0.3) is 0 Å². The molecule has 3 aromatic rings. The van der Waals surface area contributed by atoms with Crippen LogP contribution in [0.1, 0.15) is 0 Å². The number of fused-ring (bicyclic) bond motifs is 1. The van der Waals surface area contributed by atoms with Gasteiger partial charge >= 0.3 is 0 Å². The van der Waals surface area contributed by atoms with Gasteiger partial charge in [-0.3, -0.25) is 0 Å². The monoisotopic (exact) mass is 230 g/mol. The van der Waals surface area contributed by atoms with E-state index in [0.29, 0.717) is 22.2 Å². The third-order valence-corrected chi connectivity index (χ3v) is 2.94. The Hall–Kier alpha value is -2.15. The second-order valence-corrected chi connectivity index (χ2v) is 3.97. The molecule has 2 N–H and O–H groups in total. The van der Waals surface area contributed by atoms with Gasteiger partial charge in [0, 0.05) is 24.8 Å². The molecule has 0 aliphatic heterocycles. The van der Waals surface area contributed by atoms with Gasteiger partial charge < -0.3 is 5.73 Å². The Morgan fingerprint density at radius 1 is 0.938 bits per heavy atom. The average Bonchev–Trinajstić information content (AvgIpc) is 2.73. The van der Waals surface area contributed by atoms with Crippen molar-refractivity contribution in [2.75, 3.05) is 5.73 Å². The molecule has 3 rings (SSSR count). The summed E-state index contributed by atoms with van der Waals surface area (Å²) in [5.41, 5.74) is 6.91. The molecule has 0 aliphatic carbocycles. The lowest BCUT2D eigenvalue weighted by atomic mass is 10.4. The van der Waals surface area contributed by atoms with Crippen molar-refractivity contribution in [3.8, 4) is 10.7 Å². The highest BCUT2D eigenvalue weighted by Crippen LogP contribution is 2.28. The fraction of sp³-hybridized carbons (Fsp3) is 0. The summed E-state index contributed by atoms with van der Waals surface area (Å²) >= 11 is 1.40. The van der Waals surface area contributed by atoms with Crippen molar-refractivity contribution >= 4 is 27.6 Å². The second kappa shape index (κ2) is 3.46. The smallest absolute Gasteiger partial charge is 0.190 e. The summed E-state index contributed by atoms with van der Waals surface area (Å²) in [5.74, 6) is 0.363. The number of rotatable bonds is 1. The third-order valence-electron chi connectivity index (χ3n) is 1.98. The molecule has 0 radical (unpaired) electrons. The van der Waals surface area contributed by atoms with Gasteiger partial charge in [-0.2, -0.15) is 0 Å². The van der Waals surface area contributed by atoms with E-state index in [1.807, 2.05) is 0 Å². The van der Waals surface area contributed by atoms with Crippen molar-refractivity contribution in [1.82, 2.24) is 24.9 Å². The molecule has 0 aliphatic rings. The van der Waals surface area contributed by atoms with E-state index in [1.54, 1.807) is 24.8 Å². The number of hydrogen-bond acceptors (Lipinski definition) is 7. The molecule has 0 unspecified atom stereocenters. The van der Waals surface area contributed by atoms with E-state index in [2.05, 4.69) is 24.9 Å². The van der Waals surface area contributed by atoms with Crippen LogP contribution >= 0.6 is 11.3 Å². The van der Waals surface area contributed by atoms with Crippen molar-refractivity contribution in [2.24, 2.45) is 0 Å². The minimum absolute atomic E-state index is 0.363. The van der Waals surface area contributed by atoms with E-state index in [9.17, 15) is 0 Å². The average molecular weight is 230 g/mol. The first-order valence-corrected chi connectivity index (χ1v) is 5.30. The molecule has 0 saturated heterocycles. The normalized spacial score (nSPS) is 10.8. The Kier molecular flexibility index (Phi) is 1.97. The molecule has 3 heterocycles. The van der Waals surface area contributed by atoms with Gasteiger partial charge in [-0.05, 0) is 0 Å². The standard InChI is InChI=1S/C9H6N6S/c10-6-5(11-1-2-12-6)8-15-7-9(16-8)14-4-3-13-7/h1-4H,(H2,10,12). The summed E-state index contributed by atoms with van der Waals surface area (Å²) in [6, 6.07) is 0. The lowest BCUT2D eigenvalue weighted by Crippen LogP contribution is -1.95. The first-order chi connectivity index (χ1) is 7.84. The Morgan fingerprint density at radius 3 is 2.50 bits per heavy atom. The number of aromatic nitrogens is 5. The summed E-state index contributed by atoms with van der Waals surface area (Å²) < 4.78 is 0. The molecule has 0 bridgehead atoms. The first-order valence-electron chi connectivity index (χ1n) is 4.49. The molecule has 0 spiro atoms. The fourth-order valence-corrected chi connectivity index (χ4v) is 2.16. The second-order valence-electron chi connectivity index (χ2n) is 2.99. The number of hydrogen-bond donors (Lipinski definition) is 1. The van der Waals surface area contributed by atoms with Crippen LogP contribution in [0.3, 0.4) is 0 Å². The Balaban J connectivity index is 2.23. The van der Waals surface area contributed by atoms with E-state index in [4.69, 9.17) is 5.73 Å². The van der Waals surface area contributed by atoms with Gasteiger partial charge in [0.15, 0.2) is 16.3 Å². The topological polar surface area (TPSA) is 90.5 Å². The molecule has 7 heteroatoms. The maximum Gasteiger partial charge on any atom is 0.190 e. The Labute approximate surface area is 94.2 Å². The van der Waals surface area contributed by atoms with Crippen LogP contribution in [0.5, 0.6) is 0 Å². The van der Waals surface area contributed by atoms with Crippen LogP contribution in [0.4, 0.5) is 5.82 Å². The molecule has 78 valence electrons. The zero-order valence-electron chi connectivity index (χ0n) is 8.03. The number of nitrogen functional groups attached to an aromatic ring is 1. The molecule has 0 saturated carbocycles. The molecule has 16 heavy (non-hydrogen) atoms. The molecule has 0 amide bonds. The van der Waals surface area contributed by atoms with Crippen LogP contribution in [0.2, 0.25) is 0 Å². The molecule has 0 aromatic carbocycles. The maximum absolute atomic E-state index is 5.73. The number of nitrogens with zero attached hydrogens (tertiary/aromatic N) is 5. The molecular formula is C9H6N6S. The van der Waals surface area contributed by atoms with Crippen LogP contribution in [0, 0.1) is 0 Å². The Bertz CT molecular complexity index is 616. The minimum atomic E-state index is 0.363. The van der Waals surface area contributed by atoms with Crippen molar-refractivity contribution in [3.05, 3.63) is 24.8 Å². The summed E-state index contributed by atoms with van der Waals surface area (Å²) in [5, 5.41) is 0.687. The van der Waals surface area contributed by atoms with Gasteiger partial charge in [0.1, 0.15) is 10.7 Å². The predicted octanol–water partition coefficient (Wildman–Crippen LogP) is 1.13. The minimum Gasteiger partial charge on any atom is -0.382 e. The molecule has 3 aromatic heterocycles. The molecular weight excluding hydrogens is 224 g/mol. The van der Waals surface area contributed by atoms with Gasteiger partial charge in [-0.15, -0.1) is 0 Å². The highest BCUT2D eigenvalue weighted by Gasteiger charge is 2.11. The fourth-order valence-electron chi connectivity index (χ4n) is 1.29. The van der Waals surface area contributed by atoms with Gasteiger partial charge in [-0.25, -0.2) is 24.9 Å². The van der Waals surface area contributed by atoms with Crippen molar-refractivity contribution in [1.29, 1.82) is 0 Å². The van der Waals surface area contributed by atoms with Crippen molar-refractivity contribution in [3.63, 3.8) is 0 Å². The third kappa shape index (κ3) is 1.38. The lowest BCUT2D eigenvalue weighted by molar-refractivity contribution is 1.20. The van der Waals surface area contributed by atoms with Crippen LogP contribution in [-0.2, 0) is 0 Å². The van der Waals surface area contributed by atoms with Crippen LogP contribution in [-0.4, -0.2) is 24.9 Å². The predicted molar refractivity (Wildman–Crippen MR) is 60.6 cm³/mol. The highest BCUT2D eigenvalue weighted by atomic mass is 32.1. The largest absolute Gasteiger partial charge is 0.382 e. The zero-order valence-corrected chi connectivity index (χ0v) is 8.85. The van der Waals surface area contributed by atoms with Gasteiger partial charge in [0.2, 0.25) is 0 Å². The highest BCUT2D eigenvalue weighted by molar-refractivity contribution is 7.21. The lowest BCUT2D eigenvalue weighted by Gasteiger charge is -1.96. The number of thiazole rings is 1. The number of anilines is 1. The maximum atomic E-state index is 5.73. The van der Waals surface area contributed by atoms with E-state index in [1.165, 1.54) is 11.3 Å². The molecule has 0 fully saturated rings. The van der Waals surface area contributed by atoms with E-state index in [0.717, 1.165) is 4.83 Å². The summed E-state index contributed by atoms with van der Waals surface area (Å²) in [6.45, 7) is 0. The SMILES string of the molecule is Nc1nccnc1-c1nc2nccnc2s1. The zero-order chi connectivity index (χ0) is 11.0. The summed E-state index contributed by atoms with van der Waals surface area (Å²) in [6.07, 6.45) is 6.36. The molecule has 6 nitrogen and oxygen atoms in total. The number of nitrogens with two attached hydrogens (primary N) is 1. The van der Waals surface area contributed by atoms with Gasteiger partial charge in [0.05, 0.1) is 0 Å². The Morgan fingerprint density at radius 2 is 1.69 bits per heavy atom. The summed E-state index contributed by atoms with van der Waals surface area (Å²) in [4.78, 5) is 21.5. The van der Waals surface area contributed by atoms with E-state index < -0.39 is 0 Å². The van der Waals surface area contributed by atoms with Crippen molar-refractivity contribution < 1.29 is 0 Å². The van der Waals surface area contributed by atoms with Crippen molar-refractivity contribution in [2.45, 2.75) is 0 Å². The van der Waals surface area contributed by atoms with E-state index >= 15 is 0 Å². The summed E-state index contributed by atoms with van der Waals surface area (Å²) in [7, 11) is 0.